The molecule has 0 spiro atoms. The Kier molecular flexibility index (Phi) is 5.33. The first kappa shape index (κ1) is 15.5. The van der Waals surface area contributed by atoms with Crippen LogP contribution in [0, 0.1) is 6.92 Å². The van der Waals surface area contributed by atoms with E-state index in [0.717, 1.165) is 24.5 Å². The predicted molar refractivity (Wildman–Crippen MR) is 88.1 cm³/mol. The Morgan fingerprint density at radius 2 is 2.24 bits per heavy atom. The highest BCUT2D eigenvalue weighted by Crippen LogP contribution is 2.13. The van der Waals surface area contributed by atoms with Gasteiger partial charge in [0.25, 0.3) is 5.91 Å². The van der Waals surface area contributed by atoms with E-state index in [1.807, 2.05) is 32.9 Å². The summed E-state index contributed by atoms with van der Waals surface area (Å²) in [7, 11) is 0. The molecule has 0 aromatic carbocycles. The molecule has 0 aliphatic rings. The van der Waals surface area contributed by atoms with Gasteiger partial charge in [0.05, 0.1) is 0 Å². The average Bonchev–Trinajstić information content (AvgIpc) is 2.91. The second-order valence-electron chi connectivity index (χ2n) is 5.07. The van der Waals surface area contributed by atoms with Crippen molar-refractivity contribution in [2.24, 2.45) is 0 Å². The lowest BCUT2D eigenvalue weighted by Gasteiger charge is -2.14. The first-order valence-electron chi connectivity index (χ1n) is 7.14. The fourth-order valence-electron chi connectivity index (χ4n) is 2.16. The molecule has 0 bridgehead atoms. The molecule has 4 nitrogen and oxygen atoms in total. The van der Waals surface area contributed by atoms with E-state index in [-0.39, 0.29) is 11.9 Å². The van der Waals surface area contributed by atoms with Crippen LogP contribution in [-0.4, -0.2) is 23.5 Å². The summed E-state index contributed by atoms with van der Waals surface area (Å²) in [6, 6.07) is 7.83. The molecule has 1 amide bonds. The van der Waals surface area contributed by atoms with Crippen molar-refractivity contribution in [2.75, 3.05) is 11.9 Å². The normalized spacial score (nSPS) is 12.0. The summed E-state index contributed by atoms with van der Waals surface area (Å²) in [6.45, 7) is 6.71. The lowest BCUT2D eigenvalue weighted by molar-refractivity contribution is 0.0940. The zero-order valence-corrected chi connectivity index (χ0v) is 13.5. The third-order valence-electron chi connectivity index (χ3n) is 3.04. The van der Waals surface area contributed by atoms with Crippen LogP contribution in [0.25, 0.3) is 0 Å². The molecule has 1 unspecified atom stereocenters. The van der Waals surface area contributed by atoms with Crippen LogP contribution in [0.15, 0.2) is 29.6 Å². The molecular weight excluding hydrogens is 282 g/mol. The number of aryl methyl sites for hydroxylation is 1. The molecule has 0 fully saturated rings. The van der Waals surface area contributed by atoms with Crippen LogP contribution in [0.5, 0.6) is 0 Å². The van der Waals surface area contributed by atoms with Crippen LogP contribution < -0.4 is 10.6 Å². The van der Waals surface area contributed by atoms with Crippen molar-refractivity contribution >= 4 is 23.1 Å². The Hall–Kier alpha value is -1.88. The summed E-state index contributed by atoms with van der Waals surface area (Å²) < 4.78 is 0. The molecule has 2 heterocycles. The van der Waals surface area contributed by atoms with Gasteiger partial charge in [0, 0.05) is 35.1 Å². The number of nitrogens with zero attached hydrogens (tertiary/aromatic N) is 1. The second kappa shape index (κ2) is 7.22. The van der Waals surface area contributed by atoms with Crippen LogP contribution in [-0.2, 0) is 6.42 Å². The first-order valence-corrected chi connectivity index (χ1v) is 8.02. The number of hydrogen-bond donors (Lipinski definition) is 2. The number of nitrogens with one attached hydrogen (secondary N) is 2. The minimum absolute atomic E-state index is 0.0521. The van der Waals surface area contributed by atoms with Gasteiger partial charge >= 0.3 is 0 Å². The molecule has 0 radical (unpaired) electrons. The number of aromatic nitrogens is 1. The Bertz CT molecular complexity index is 596. The lowest BCUT2D eigenvalue weighted by Crippen LogP contribution is -2.34. The van der Waals surface area contributed by atoms with E-state index in [1.54, 1.807) is 17.4 Å². The molecule has 2 rings (SSSR count). The number of rotatable bonds is 6. The predicted octanol–water partition coefficient (Wildman–Crippen LogP) is 3.24. The average molecular weight is 303 g/mol. The SMILES string of the molecule is CCNc1cc(C(=O)NC(C)Cc2cccs2)cc(C)n1. The third-order valence-corrected chi connectivity index (χ3v) is 3.94. The minimum atomic E-state index is -0.0521. The zero-order chi connectivity index (χ0) is 15.2. The van der Waals surface area contributed by atoms with Gasteiger partial charge in [0.1, 0.15) is 5.82 Å². The largest absolute Gasteiger partial charge is 0.370 e. The Morgan fingerprint density at radius 3 is 2.90 bits per heavy atom. The monoisotopic (exact) mass is 303 g/mol. The molecule has 21 heavy (non-hydrogen) atoms. The maximum atomic E-state index is 12.3. The fraction of sp³-hybridized carbons (Fsp3) is 0.375. The van der Waals surface area contributed by atoms with Gasteiger partial charge in [-0.3, -0.25) is 4.79 Å². The summed E-state index contributed by atoms with van der Waals surface area (Å²) in [5, 5.41) is 8.24. The maximum absolute atomic E-state index is 12.3. The quantitative estimate of drug-likeness (QED) is 0.861. The number of hydrogen-bond acceptors (Lipinski definition) is 4. The van der Waals surface area contributed by atoms with Crippen molar-refractivity contribution in [3.05, 3.63) is 45.8 Å². The molecule has 2 N–H and O–H groups in total. The van der Waals surface area contributed by atoms with E-state index in [1.165, 1.54) is 4.88 Å². The van der Waals surface area contributed by atoms with Crippen molar-refractivity contribution in [1.82, 2.24) is 10.3 Å². The van der Waals surface area contributed by atoms with Crippen LogP contribution in [0.4, 0.5) is 5.82 Å². The van der Waals surface area contributed by atoms with Crippen LogP contribution in [0.3, 0.4) is 0 Å². The van der Waals surface area contributed by atoms with Gasteiger partial charge in [-0.2, -0.15) is 0 Å². The fourth-order valence-corrected chi connectivity index (χ4v) is 3.00. The van der Waals surface area contributed by atoms with Gasteiger partial charge < -0.3 is 10.6 Å². The molecule has 0 saturated heterocycles. The van der Waals surface area contributed by atoms with Crippen molar-refractivity contribution < 1.29 is 4.79 Å². The van der Waals surface area contributed by atoms with E-state index in [2.05, 4.69) is 27.1 Å². The van der Waals surface area contributed by atoms with Crippen molar-refractivity contribution in [3.63, 3.8) is 0 Å². The van der Waals surface area contributed by atoms with Gasteiger partial charge in [-0.1, -0.05) is 6.07 Å². The minimum Gasteiger partial charge on any atom is -0.370 e. The van der Waals surface area contributed by atoms with Crippen molar-refractivity contribution in [1.29, 1.82) is 0 Å². The summed E-state index contributed by atoms with van der Waals surface area (Å²) in [5.74, 6) is 0.692. The van der Waals surface area contributed by atoms with Gasteiger partial charge in [-0.15, -0.1) is 11.3 Å². The number of carbonyl (C=O) groups is 1. The van der Waals surface area contributed by atoms with E-state index in [0.29, 0.717) is 5.56 Å². The van der Waals surface area contributed by atoms with Crippen LogP contribution in [0.2, 0.25) is 0 Å². The number of pyridine rings is 1. The van der Waals surface area contributed by atoms with Gasteiger partial charge in [0.15, 0.2) is 0 Å². The zero-order valence-electron chi connectivity index (χ0n) is 12.6. The summed E-state index contributed by atoms with van der Waals surface area (Å²) >= 11 is 1.71. The molecule has 112 valence electrons. The standard InChI is InChI=1S/C16H21N3OS/c1-4-17-15-10-13(8-11(2)18-15)16(20)19-12(3)9-14-6-5-7-21-14/h5-8,10,12H,4,9H2,1-3H3,(H,17,18)(H,19,20). The Labute approximate surface area is 129 Å². The van der Waals surface area contributed by atoms with E-state index in [9.17, 15) is 4.79 Å². The number of carbonyl (C=O) groups excluding carboxylic acids is 1. The number of thiophene rings is 1. The highest BCUT2D eigenvalue weighted by Gasteiger charge is 2.12. The van der Waals surface area contributed by atoms with Gasteiger partial charge in [-0.05, 0) is 44.4 Å². The van der Waals surface area contributed by atoms with Crippen molar-refractivity contribution in [3.8, 4) is 0 Å². The van der Waals surface area contributed by atoms with Gasteiger partial charge in [0.2, 0.25) is 0 Å². The molecule has 1 atom stereocenters. The number of anilines is 1. The van der Waals surface area contributed by atoms with Crippen LogP contribution >= 0.6 is 11.3 Å². The summed E-state index contributed by atoms with van der Waals surface area (Å²) in [6.07, 6.45) is 0.855. The molecule has 0 aliphatic heterocycles. The third kappa shape index (κ3) is 4.56. The molecule has 2 aromatic heterocycles. The topological polar surface area (TPSA) is 54.0 Å². The van der Waals surface area contributed by atoms with Crippen LogP contribution in [0.1, 0.15) is 34.8 Å². The molecule has 2 aromatic rings. The van der Waals surface area contributed by atoms with E-state index < -0.39 is 0 Å². The van der Waals surface area contributed by atoms with E-state index >= 15 is 0 Å². The highest BCUT2D eigenvalue weighted by atomic mass is 32.1. The lowest BCUT2D eigenvalue weighted by atomic mass is 10.1. The molecule has 5 heteroatoms. The van der Waals surface area contributed by atoms with E-state index in [4.69, 9.17) is 0 Å². The molecule has 0 aliphatic carbocycles. The highest BCUT2D eigenvalue weighted by molar-refractivity contribution is 7.09. The maximum Gasteiger partial charge on any atom is 0.251 e. The number of amides is 1. The van der Waals surface area contributed by atoms with Gasteiger partial charge in [-0.25, -0.2) is 4.98 Å². The second-order valence-corrected chi connectivity index (χ2v) is 6.10. The first-order chi connectivity index (χ1) is 10.1. The summed E-state index contributed by atoms with van der Waals surface area (Å²) in [5.41, 5.74) is 1.49. The van der Waals surface area contributed by atoms with Crippen molar-refractivity contribution in [2.45, 2.75) is 33.2 Å². The smallest absolute Gasteiger partial charge is 0.251 e. The molecule has 0 saturated carbocycles. The Morgan fingerprint density at radius 1 is 1.43 bits per heavy atom. The summed E-state index contributed by atoms with van der Waals surface area (Å²) in [4.78, 5) is 18.0. The molecular formula is C16H21N3OS. The Balaban J connectivity index is 2.02.